The van der Waals surface area contributed by atoms with Gasteiger partial charge in [0.1, 0.15) is 11.6 Å². The fraction of sp³-hybridized carbons (Fsp3) is 0.571. The Morgan fingerprint density at radius 3 is 2.70 bits per heavy atom. The standard InChI is InChI=1S/C21H29N3O3/c1-14-8-10-16(11-9-14)13-15(2)18-22-19(27-23-18)17-7-6-12-24(17)20(25)26-21(3,4)5/h8-11,15,17H,6-7,12-13H2,1-5H3/t15-,17-/m0/s1. The SMILES string of the molecule is Cc1ccc(C[C@H](C)c2noc([C@@H]3CCCN3C(=O)OC(C)(C)C)n2)cc1. The van der Waals surface area contributed by atoms with Gasteiger partial charge in [-0.3, -0.25) is 4.90 Å². The van der Waals surface area contributed by atoms with Gasteiger partial charge in [-0.25, -0.2) is 4.79 Å². The van der Waals surface area contributed by atoms with Crippen LogP contribution in [0.2, 0.25) is 0 Å². The van der Waals surface area contributed by atoms with E-state index < -0.39 is 5.60 Å². The highest BCUT2D eigenvalue weighted by Gasteiger charge is 2.36. The molecule has 1 aliphatic rings. The van der Waals surface area contributed by atoms with Crippen LogP contribution in [-0.2, 0) is 11.2 Å². The van der Waals surface area contributed by atoms with Crippen molar-refractivity contribution in [3.05, 3.63) is 47.1 Å². The molecule has 3 rings (SSSR count). The third-order valence-corrected chi connectivity index (χ3v) is 4.73. The summed E-state index contributed by atoms with van der Waals surface area (Å²) in [6.45, 7) is 10.4. The first-order valence-electron chi connectivity index (χ1n) is 9.61. The quantitative estimate of drug-likeness (QED) is 0.772. The van der Waals surface area contributed by atoms with Crippen molar-refractivity contribution >= 4 is 6.09 Å². The molecule has 6 nitrogen and oxygen atoms in total. The highest BCUT2D eigenvalue weighted by molar-refractivity contribution is 5.69. The second-order valence-corrected chi connectivity index (χ2v) is 8.41. The van der Waals surface area contributed by atoms with Crippen molar-refractivity contribution in [2.45, 2.75) is 71.4 Å². The van der Waals surface area contributed by atoms with E-state index in [1.807, 2.05) is 20.8 Å². The summed E-state index contributed by atoms with van der Waals surface area (Å²) >= 11 is 0. The topological polar surface area (TPSA) is 68.5 Å². The van der Waals surface area contributed by atoms with Crippen LogP contribution in [0.1, 0.15) is 75.3 Å². The van der Waals surface area contributed by atoms with Crippen molar-refractivity contribution in [2.24, 2.45) is 0 Å². The predicted octanol–water partition coefficient (Wildman–Crippen LogP) is 4.80. The lowest BCUT2D eigenvalue weighted by Gasteiger charge is -2.27. The van der Waals surface area contributed by atoms with E-state index in [-0.39, 0.29) is 18.1 Å². The van der Waals surface area contributed by atoms with Gasteiger partial charge in [0.25, 0.3) is 0 Å². The molecule has 1 fully saturated rings. The predicted molar refractivity (Wildman–Crippen MR) is 103 cm³/mol. The number of benzene rings is 1. The Kier molecular flexibility index (Phi) is 5.53. The Morgan fingerprint density at radius 2 is 2.04 bits per heavy atom. The number of carbonyl (C=O) groups is 1. The molecule has 1 aromatic carbocycles. The third-order valence-electron chi connectivity index (χ3n) is 4.73. The van der Waals surface area contributed by atoms with Gasteiger partial charge in [-0.05, 0) is 52.5 Å². The van der Waals surface area contributed by atoms with Gasteiger partial charge in [0, 0.05) is 12.5 Å². The minimum atomic E-state index is -0.521. The summed E-state index contributed by atoms with van der Waals surface area (Å²) in [5.41, 5.74) is 1.97. The van der Waals surface area contributed by atoms with E-state index in [4.69, 9.17) is 9.26 Å². The Labute approximate surface area is 160 Å². The van der Waals surface area contributed by atoms with Gasteiger partial charge in [0.2, 0.25) is 5.89 Å². The number of nitrogens with zero attached hydrogens (tertiary/aromatic N) is 3. The van der Waals surface area contributed by atoms with E-state index in [1.165, 1.54) is 11.1 Å². The molecular formula is C21H29N3O3. The second-order valence-electron chi connectivity index (χ2n) is 8.41. The normalized spacial score (nSPS) is 18.6. The summed E-state index contributed by atoms with van der Waals surface area (Å²) in [7, 11) is 0. The second kappa shape index (κ2) is 7.71. The third kappa shape index (κ3) is 4.87. The molecule has 0 spiro atoms. The van der Waals surface area contributed by atoms with Crippen molar-refractivity contribution < 1.29 is 14.1 Å². The minimum Gasteiger partial charge on any atom is -0.444 e. The molecule has 146 valence electrons. The lowest BCUT2D eigenvalue weighted by atomic mass is 10.00. The number of hydrogen-bond acceptors (Lipinski definition) is 5. The monoisotopic (exact) mass is 371 g/mol. The number of carbonyl (C=O) groups excluding carboxylic acids is 1. The summed E-state index contributed by atoms with van der Waals surface area (Å²) in [6, 6.07) is 8.29. The van der Waals surface area contributed by atoms with Gasteiger partial charge in [-0.2, -0.15) is 4.98 Å². The van der Waals surface area contributed by atoms with E-state index in [9.17, 15) is 4.79 Å². The lowest BCUT2D eigenvalue weighted by Crippen LogP contribution is -2.36. The molecule has 2 aromatic rings. The molecule has 0 saturated carbocycles. The molecule has 6 heteroatoms. The van der Waals surface area contributed by atoms with Crippen LogP contribution in [0.3, 0.4) is 0 Å². The Bertz CT molecular complexity index is 777. The molecule has 1 aromatic heterocycles. The maximum Gasteiger partial charge on any atom is 0.410 e. The van der Waals surface area contributed by atoms with Crippen LogP contribution in [0, 0.1) is 6.92 Å². The smallest absolute Gasteiger partial charge is 0.410 e. The Hall–Kier alpha value is -2.37. The molecule has 1 amide bonds. The number of amides is 1. The number of aromatic nitrogens is 2. The molecule has 1 saturated heterocycles. The van der Waals surface area contributed by atoms with Crippen LogP contribution in [0.15, 0.2) is 28.8 Å². The average Bonchev–Trinajstić information content (AvgIpc) is 3.24. The van der Waals surface area contributed by atoms with Crippen LogP contribution < -0.4 is 0 Å². The zero-order valence-electron chi connectivity index (χ0n) is 16.9. The first-order chi connectivity index (χ1) is 12.7. The lowest BCUT2D eigenvalue weighted by molar-refractivity contribution is 0.0199. The zero-order chi connectivity index (χ0) is 19.6. The molecule has 0 radical (unpaired) electrons. The average molecular weight is 371 g/mol. The molecule has 0 bridgehead atoms. The minimum absolute atomic E-state index is 0.140. The van der Waals surface area contributed by atoms with Crippen molar-refractivity contribution in [1.82, 2.24) is 15.0 Å². The summed E-state index contributed by atoms with van der Waals surface area (Å²) in [5.74, 6) is 1.33. The van der Waals surface area contributed by atoms with Gasteiger partial charge < -0.3 is 9.26 Å². The van der Waals surface area contributed by atoms with Crippen molar-refractivity contribution in [2.75, 3.05) is 6.54 Å². The molecule has 2 heterocycles. The summed E-state index contributed by atoms with van der Waals surface area (Å²) < 4.78 is 11.0. The van der Waals surface area contributed by atoms with E-state index >= 15 is 0 Å². The Morgan fingerprint density at radius 1 is 1.33 bits per heavy atom. The molecule has 1 aliphatic heterocycles. The van der Waals surface area contributed by atoms with Crippen molar-refractivity contribution in [3.63, 3.8) is 0 Å². The van der Waals surface area contributed by atoms with Gasteiger partial charge in [-0.15, -0.1) is 0 Å². The number of hydrogen-bond donors (Lipinski definition) is 0. The molecule has 2 atom stereocenters. The fourth-order valence-electron chi connectivity index (χ4n) is 3.31. The highest BCUT2D eigenvalue weighted by atomic mass is 16.6. The number of likely N-dealkylation sites (tertiary alicyclic amines) is 1. The summed E-state index contributed by atoms with van der Waals surface area (Å²) in [4.78, 5) is 18.8. The van der Waals surface area contributed by atoms with E-state index in [2.05, 4.69) is 48.3 Å². The molecule has 0 unspecified atom stereocenters. The number of aryl methyl sites for hydroxylation is 1. The maximum absolute atomic E-state index is 12.5. The highest BCUT2D eigenvalue weighted by Crippen LogP contribution is 2.33. The van der Waals surface area contributed by atoms with Gasteiger partial charge >= 0.3 is 6.09 Å². The Balaban J connectivity index is 1.68. The first-order valence-corrected chi connectivity index (χ1v) is 9.61. The van der Waals surface area contributed by atoms with Crippen molar-refractivity contribution in [3.8, 4) is 0 Å². The largest absolute Gasteiger partial charge is 0.444 e. The van der Waals surface area contributed by atoms with Crippen LogP contribution in [0.25, 0.3) is 0 Å². The van der Waals surface area contributed by atoms with E-state index in [0.717, 1.165) is 19.3 Å². The van der Waals surface area contributed by atoms with Gasteiger partial charge in [0.15, 0.2) is 5.82 Å². The van der Waals surface area contributed by atoms with Crippen LogP contribution in [0.5, 0.6) is 0 Å². The van der Waals surface area contributed by atoms with Crippen LogP contribution in [-0.4, -0.2) is 33.3 Å². The maximum atomic E-state index is 12.5. The number of rotatable bonds is 4. The van der Waals surface area contributed by atoms with E-state index in [1.54, 1.807) is 4.90 Å². The summed E-state index contributed by atoms with van der Waals surface area (Å²) in [6.07, 6.45) is 2.24. The fourth-order valence-corrected chi connectivity index (χ4v) is 3.31. The molecule has 0 aliphatic carbocycles. The zero-order valence-corrected chi connectivity index (χ0v) is 16.9. The van der Waals surface area contributed by atoms with Crippen LogP contribution >= 0.6 is 0 Å². The summed E-state index contributed by atoms with van der Waals surface area (Å²) in [5, 5.41) is 4.18. The first kappa shape index (κ1) is 19.4. The van der Waals surface area contributed by atoms with Gasteiger partial charge in [0.05, 0.1) is 0 Å². The molecule has 27 heavy (non-hydrogen) atoms. The number of ether oxygens (including phenoxy) is 1. The molecule has 0 N–H and O–H groups in total. The van der Waals surface area contributed by atoms with Crippen LogP contribution in [0.4, 0.5) is 4.79 Å². The van der Waals surface area contributed by atoms with Gasteiger partial charge in [-0.1, -0.05) is 41.9 Å². The molecular weight excluding hydrogens is 342 g/mol. The van der Waals surface area contributed by atoms with E-state index in [0.29, 0.717) is 18.3 Å². The van der Waals surface area contributed by atoms with Crippen molar-refractivity contribution in [1.29, 1.82) is 0 Å².